The summed E-state index contributed by atoms with van der Waals surface area (Å²) in [5.41, 5.74) is 12.9. The maximum Gasteiger partial charge on any atom is -1.00 e. The van der Waals surface area contributed by atoms with Gasteiger partial charge in [-0.3, -0.25) is 0 Å². The van der Waals surface area contributed by atoms with Crippen molar-refractivity contribution in [1.82, 2.24) is 0 Å². The molecule has 2 aliphatic carbocycles. The van der Waals surface area contributed by atoms with Gasteiger partial charge in [0.15, 0.2) is 0 Å². The Morgan fingerprint density at radius 3 is 2.22 bits per heavy atom. The molecule has 0 spiro atoms. The average molecular weight is 630 g/mol. The Hall–Kier alpha value is -0.700. The Morgan fingerprint density at radius 2 is 1.64 bits per heavy atom. The molecule has 1 aromatic heterocycles. The van der Waals surface area contributed by atoms with Gasteiger partial charge in [-0.25, -0.2) is 0 Å². The number of hydrogen-bond acceptors (Lipinski definition) is 1. The van der Waals surface area contributed by atoms with Gasteiger partial charge in [0.25, 0.3) is 0 Å². The second kappa shape index (κ2) is 11.2. The van der Waals surface area contributed by atoms with Gasteiger partial charge in [0, 0.05) is 15.3 Å². The maximum absolute atomic E-state index is 2.52. The quantitative estimate of drug-likeness (QED) is 0.389. The van der Waals surface area contributed by atoms with Gasteiger partial charge in [0.2, 0.25) is 0 Å². The van der Waals surface area contributed by atoms with E-state index >= 15 is 0 Å². The molecule has 3 heterocycles. The fourth-order valence-electron chi connectivity index (χ4n) is 6.33. The topological polar surface area (TPSA) is 0 Å². The van der Waals surface area contributed by atoms with E-state index in [1.165, 1.54) is 44.7 Å². The SMILES string of the molecule is CC1=C2c3sc(C)cc3C1[Si]2(C)C.CCC(C)c1ccc(-c2cccc3c2C=C(C)[CH]3[Zr+2])cc1.[Cl-].[Cl-]. The Bertz CT molecular complexity index is 1330. The molecule has 0 saturated heterocycles. The number of benzene rings is 2. The van der Waals surface area contributed by atoms with Crippen molar-refractivity contribution in [2.24, 2.45) is 0 Å². The molecule has 2 aliphatic heterocycles. The van der Waals surface area contributed by atoms with Gasteiger partial charge < -0.3 is 24.8 Å². The normalized spacial score (nSPS) is 20.6. The van der Waals surface area contributed by atoms with Gasteiger partial charge in [-0.15, -0.1) is 11.3 Å². The molecule has 3 unspecified atom stereocenters. The molecule has 3 aromatic rings. The minimum atomic E-state index is -0.995. The van der Waals surface area contributed by atoms with Crippen molar-refractivity contribution >= 4 is 30.7 Å². The van der Waals surface area contributed by atoms with E-state index in [4.69, 9.17) is 0 Å². The first kappa shape index (κ1) is 29.9. The summed E-state index contributed by atoms with van der Waals surface area (Å²) < 4.78 is 0.645. The molecule has 0 radical (unpaired) electrons. The van der Waals surface area contributed by atoms with Crippen molar-refractivity contribution in [2.45, 2.75) is 69.2 Å². The van der Waals surface area contributed by atoms with Gasteiger partial charge in [-0.2, -0.15) is 0 Å². The number of hydrogen-bond donors (Lipinski definition) is 0. The van der Waals surface area contributed by atoms with E-state index in [1.54, 1.807) is 45.9 Å². The van der Waals surface area contributed by atoms with Crippen LogP contribution in [-0.4, -0.2) is 8.07 Å². The number of thiophene rings is 1. The average Bonchev–Trinajstić information content (AvgIpc) is 3.47. The van der Waals surface area contributed by atoms with Crippen LogP contribution in [0.15, 0.2) is 59.7 Å². The summed E-state index contributed by atoms with van der Waals surface area (Å²) in [6.07, 6.45) is 3.58. The van der Waals surface area contributed by atoms with Gasteiger partial charge in [0.1, 0.15) is 0 Å². The predicted octanol–water partition coefficient (Wildman–Crippen LogP) is 3.61. The summed E-state index contributed by atoms with van der Waals surface area (Å²) in [6, 6.07) is 18.3. The van der Waals surface area contributed by atoms with Crippen LogP contribution in [0.3, 0.4) is 0 Å². The third-order valence-electron chi connectivity index (χ3n) is 8.30. The Labute approximate surface area is 250 Å². The summed E-state index contributed by atoms with van der Waals surface area (Å²) in [5.74, 6) is 0.645. The van der Waals surface area contributed by atoms with E-state index in [2.05, 4.69) is 102 Å². The molecular formula is C31H35Cl2SSiZr. The van der Waals surface area contributed by atoms with Crippen LogP contribution < -0.4 is 24.8 Å². The predicted molar refractivity (Wildman–Crippen MR) is 149 cm³/mol. The van der Waals surface area contributed by atoms with Crippen LogP contribution in [-0.2, 0) is 24.7 Å². The van der Waals surface area contributed by atoms with Crippen molar-refractivity contribution in [3.8, 4) is 11.1 Å². The fourth-order valence-corrected chi connectivity index (χ4v) is 13.4. The van der Waals surface area contributed by atoms with Gasteiger partial charge in [0.05, 0.1) is 8.07 Å². The van der Waals surface area contributed by atoms with Gasteiger partial charge >= 0.3 is 143 Å². The van der Waals surface area contributed by atoms with Crippen molar-refractivity contribution in [3.05, 3.63) is 91.7 Å². The van der Waals surface area contributed by atoms with E-state index in [0.29, 0.717) is 9.54 Å². The molecular weight excluding hydrogens is 595 g/mol. The summed E-state index contributed by atoms with van der Waals surface area (Å²) in [5, 5.41) is 1.78. The molecule has 0 nitrogen and oxygen atoms in total. The van der Waals surface area contributed by atoms with Crippen LogP contribution in [0.4, 0.5) is 0 Å². The van der Waals surface area contributed by atoms with Crippen molar-refractivity contribution < 1.29 is 49.5 Å². The molecule has 36 heavy (non-hydrogen) atoms. The van der Waals surface area contributed by atoms with E-state index < -0.39 is 8.07 Å². The molecule has 0 saturated carbocycles. The second-order valence-electron chi connectivity index (χ2n) is 10.9. The zero-order chi connectivity index (χ0) is 24.4. The van der Waals surface area contributed by atoms with Crippen LogP contribution in [0.5, 0.6) is 0 Å². The summed E-state index contributed by atoms with van der Waals surface area (Å²) in [7, 11) is -0.995. The third kappa shape index (κ3) is 4.77. The summed E-state index contributed by atoms with van der Waals surface area (Å²) in [4.78, 5) is 3.14. The molecule has 4 aliphatic rings. The number of fused-ring (bicyclic) bond motifs is 1. The van der Waals surface area contributed by atoms with Crippen molar-refractivity contribution in [1.29, 1.82) is 0 Å². The minimum Gasteiger partial charge on any atom is -1.00 e. The third-order valence-corrected chi connectivity index (χ3v) is 15.6. The fraction of sp³-hybridized carbons (Fsp3) is 0.355. The first-order chi connectivity index (χ1) is 16.1. The van der Waals surface area contributed by atoms with Crippen molar-refractivity contribution in [3.63, 3.8) is 0 Å². The van der Waals surface area contributed by atoms with E-state index in [9.17, 15) is 0 Å². The van der Waals surface area contributed by atoms with Crippen LogP contribution in [0.25, 0.3) is 22.4 Å². The molecule has 0 amide bonds. The van der Waals surface area contributed by atoms with Crippen LogP contribution in [0.1, 0.15) is 81.2 Å². The smallest absolute Gasteiger partial charge is 1.00 e. The zero-order valence-corrected chi connectivity index (χ0v) is 28.1. The van der Waals surface area contributed by atoms with E-state index in [-0.39, 0.29) is 24.8 Å². The van der Waals surface area contributed by atoms with Gasteiger partial charge in [-0.1, -0.05) is 18.7 Å². The molecule has 2 bridgehead atoms. The van der Waals surface area contributed by atoms with Gasteiger partial charge in [-0.05, 0) is 30.7 Å². The largest absolute Gasteiger partial charge is 1.00 e. The minimum absolute atomic E-state index is 0. The first-order valence-corrected chi connectivity index (χ1v) is 17.9. The standard InChI is InChI=1S/C20H21.C11H14SSi.2ClH.Zr/c1-4-15(3)16-8-10-17(11-9-16)19-7-5-6-18-12-14(2)13-20(18)19;1-6-5-8-9(12-6)11-7(2)10(8)13(11,3)4;;;/h5-13,15H,4H2,1-3H3;5,10H,1-4H3;2*1H;/q;;;;+2/p-2. The molecule has 0 N–H and O–H groups in total. The number of allylic oxidation sites excluding steroid dienone is 2. The number of rotatable bonds is 3. The molecule has 5 heteroatoms. The molecule has 187 valence electrons. The molecule has 3 atom stereocenters. The Kier molecular flexibility index (Phi) is 9.28. The van der Waals surface area contributed by atoms with Crippen LogP contribution >= 0.6 is 11.3 Å². The van der Waals surface area contributed by atoms with Crippen LogP contribution in [0.2, 0.25) is 13.1 Å². The van der Waals surface area contributed by atoms with E-state index in [0.717, 1.165) is 5.54 Å². The van der Waals surface area contributed by atoms with Crippen LogP contribution in [0, 0.1) is 6.92 Å². The monoisotopic (exact) mass is 627 g/mol. The maximum atomic E-state index is 2.52. The number of aryl methyl sites for hydroxylation is 1. The molecule has 0 fully saturated rings. The van der Waals surface area contributed by atoms with Crippen molar-refractivity contribution in [2.75, 3.05) is 0 Å². The van der Waals surface area contributed by atoms with E-state index in [1.807, 2.05) is 11.3 Å². The summed E-state index contributed by atoms with van der Waals surface area (Å²) >= 11 is 3.60. The Balaban J connectivity index is 0.000000208. The molecule has 7 rings (SSSR count). The Morgan fingerprint density at radius 1 is 0.972 bits per heavy atom. The second-order valence-corrected chi connectivity index (χ2v) is 18.1. The number of halogens is 2. The zero-order valence-electron chi connectivity index (χ0n) is 22.3. The first-order valence-electron chi connectivity index (χ1n) is 12.6. The summed E-state index contributed by atoms with van der Waals surface area (Å²) in [6.45, 7) is 16.4. The molecule has 2 aromatic carbocycles.